The topological polar surface area (TPSA) is 30.5 Å². The Morgan fingerprint density at radius 2 is 2.00 bits per heavy atom. The van der Waals surface area contributed by atoms with Gasteiger partial charge in [-0.05, 0) is 43.5 Å². The predicted octanol–water partition coefficient (Wildman–Crippen LogP) is 2.69. The van der Waals surface area contributed by atoms with Crippen LogP contribution in [0.1, 0.15) is 31.7 Å². The largest absolute Gasteiger partial charge is 0.493 e. The van der Waals surface area contributed by atoms with E-state index in [0.717, 1.165) is 24.5 Å². The molecule has 0 aromatic heterocycles. The van der Waals surface area contributed by atoms with E-state index in [2.05, 4.69) is 24.4 Å². The lowest BCUT2D eigenvalue weighted by Crippen LogP contribution is -2.35. The minimum absolute atomic E-state index is 0.125. The van der Waals surface area contributed by atoms with E-state index in [9.17, 15) is 0 Å². The third kappa shape index (κ3) is 2.12. The number of nitrogens with one attached hydrogen (secondary N) is 1. The summed E-state index contributed by atoms with van der Waals surface area (Å²) >= 11 is 0. The van der Waals surface area contributed by atoms with Crippen LogP contribution in [-0.4, -0.2) is 20.8 Å². The van der Waals surface area contributed by atoms with Crippen LogP contribution < -0.4 is 14.8 Å². The normalized spacial score (nSPS) is 23.7. The molecule has 1 aromatic rings. The van der Waals surface area contributed by atoms with Crippen LogP contribution >= 0.6 is 0 Å². The van der Waals surface area contributed by atoms with E-state index in [1.165, 1.54) is 18.4 Å². The monoisotopic (exact) mass is 235 g/mol. The number of ether oxygens (including phenoxy) is 2. The van der Waals surface area contributed by atoms with Crippen LogP contribution in [0.15, 0.2) is 18.2 Å². The highest BCUT2D eigenvalue weighted by molar-refractivity contribution is 5.45. The standard InChI is InChI=1S/C14H21NO2/c1-4-14(8-5-9-15-14)11-6-7-12(16-2)13(10-11)17-3/h6-7,10,15H,4-5,8-9H2,1-3H3. The Labute approximate surface area is 103 Å². The Hall–Kier alpha value is -1.22. The first kappa shape index (κ1) is 12.2. The van der Waals surface area contributed by atoms with E-state index >= 15 is 0 Å². The zero-order chi connectivity index (χ0) is 12.3. The molecular formula is C14H21NO2. The first-order valence-electron chi connectivity index (χ1n) is 6.23. The summed E-state index contributed by atoms with van der Waals surface area (Å²) in [6, 6.07) is 6.23. The van der Waals surface area contributed by atoms with Gasteiger partial charge >= 0.3 is 0 Å². The third-order valence-electron chi connectivity index (χ3n) is 3.78. The van der Waals surface area contributed by atoms with Gasteiger partial charge in [0.2, 0.25) is 0 Å². The van der Waals surface area contributed by atoms with Crippen LogP contribution in [0, 0.1) is 0 Å². The Morgan fingerprint density at radius 1 is 1.24 bits per heavy atom. The van der Waals surface area contributed by atoms with Crippen molar-refractivity contribution in [3.8, 4) is 11.5 Å². The van der Waals surface area contributed by atoms with Crippen molar-refractivity contribution in [2.45, 2.75) is 31.7 Å². The molecule has 1 N–H and O–H groups in total. The number of methoxy groups -OCH3 is 2. The van der Waals surface area contributed by atoms with Crippen molar-refractivity contribution >= 4 is 0 Å². The summed E-state index contributed by atoms with van der Waals surface area (Å²) < 4.78 is 10.6. The maximum absolute atomic E-state index is 5.37. The van der Waals surface area contributed by atoms with Crippen molar-refractivity contribution in [2.24, 2.45) is 0 Å². The molecular weight excluding hydrogens is 214 g/mol. The summed E-state index contributed by atoms with van der Waals surface area (Å²) in [7, 11) is 3.35. The first-order valence-corrected chi connectivity index (χ1v) is 6.23. The number of benzene rings is 1. The Balaban J connectivity index is 2.38. The van der Waals surface area contributed by atoms with Gasteiger partial charge in [-0.1, -0.05) is 13.0 Å². The molecule has 1 atom stereocenters. The number of rotatable bonds is 4. The molecule has 2 rings (SSSR count). The zero-order valence-corrected chi connectivity index (χ0v) is 10.9. The van der Waals surface area contributed by atoms with Gasteiger partial charge < -0.3 is 14.8 Å². The van der Waals surface area contributed by atoms with Gasteiger partial charge in [0.05, 0.1) is 14.2 Å². The summed E-state index contributed by atoms with van der Waals surface area (Å²) in [6.07, 6.45) is 3.53. The molecule has 1 aromatic carbocycles. The van der Waals surface area contributed by atoms with Gasteiger partial charge in [0, 0.05) is 5.54 Å². The van der Waals surface area contributed by atoms with Crippen molar-refractivity contribution in [2.75, 3.05) is 20.8 Å². The molecule has 3 nitrogen and oxygen atoms in total. The van der Waals surface area contributed by atoms with Crippen LogP contribution in [0.2, 0.25) is 0 Å². The van der Waals surface area contributed by atoms with Gasteiger partial charge in [-0.3, -0.25) is 0 Å². The molecule has 94 valence electrons. The van der Waals surface area contributed by atoms with Gasteiger partial charge in [0.1, 0.15) is 0 Å². The number of hydrogen-bond donors (Lipinski definition) is 1. The molecule has 3 heteroatoms. The molecule has 1 unspecified atom stereocenters. The van der Waals surface area contributed by atoms with E-state index in [-0.39, 0.29) is 5.54 Å². The molecule has 0 spiro atoms. The fraction of sp³-hybridized carbons (Fsp3) is 0.571. The molecule has 0 bridgehead atoms. The predicted molar refractivity (Wildman–Crippen MR) is 68.8 cm³/mol. The van der Waals surface area contributed by atoms with Crippen LogP contribution in [0.25, 0.3) is 0 Å². The van der Waals surface area contributed by atoms with Crippen molar-refractivity contribution in [1.29, 1.82) is 0 Å². The van der Waals surface area contributed by atoms with Gasteiger partial charge in [-0.25, -0.2) is 0 Å². The second-order valence-corrected chi connectivity index (χ2v) is 4.54. The maximum atomic E-state index is 5.37. The van der Waals surface area contributed by atoms with Crippen molar-refractivity contribution < 1.29 is 9.47 Å². The zero-order valence-electron chi connectivity index (χ0n) is 10.9. The van der Waals surface area contributed by atoms with E-state index in [4.69, 9.17) is 9.47 Å². The second kappa shape index (κ2) is 4.96. The molecule has 1 saturated heterocycles. The molecule has 1 aliphatic heterocycles. The quantitative estimate of drug-likeness (QED) is 0.870. The minimum Gasteiger partial charge on any atom is -0.493 e. The Bertz CT molecular complexity index is 384. The van der Waals surface area contributed by atoms with Crippen molar-refractivity contribution in [3.05, 3.63) is 23.8 Å². The van der Waals surface area contributed by atoms with E-state index in [1.807, 2.05) is 6.07 Å². The summed E-state index contributed by atoms with van der Waals surface area (Å²) in [6.45, 7) is 3.33. The maximum Gasteiger partial charge on any atom is 0.161 e. The third-order valence-corrected chi connectivity index (χ3v) is 3.78. The van der Waals surface area contributed by atoms with Gasteiger partial charge in [-0.15, -0.1) is 0 Å². The Morgan fingerprint density at radius 3 is 2.53 bits per heavy atom. The fourth-order valence-electron chi connectivity index (χ4n) is 2.69. The fourth-order valence-corrected chi connectivity index (χ4v) is 2.69. The lowest BCUT2D eigenvalue weighted by Gasteiger charge is -2.29. The highest BCUT2D eigenvalue weighted by atomic mass is 16.5. The van der Waals surface area contributed by atoms with E-state index < -0.39 is 0 Å². The van der Waals surface area contributed by atoms with E-state index in [1.54, 1.807) is 14.2 Å². The first-order chi connectivity index (χ1) is 8.25. The average molecular weight is 235 g/mol. The summed E-state index contributed by atoms with van der Waals surface area (Å²) in [5, 5.41) is 3.63. The average Bonchev–Trinajstić information content (AvgIpc) is 2.88. The van der Waals surface area contributed by atoms with Crippen molar-refractivity contribution in [3.63, 3.8) is 0 Å². The highest BCUT2D eigenvalue weighted by Gasteiger charge is 2.33. The minimum atomic E-state index is 0.125. The smallest absolute Gasteiger partial charge is 0.161 e. The lowest BCUT2D eigenvalue weighted by molar-refractivity contribution is 0.345. The SMILES string of the molecule is CCC1(c2ccc(OC)c(OC)c2)CCCN1. The van der Waals surface area contributed by atoms with Crippen LogP contribution in [0.3, 0.4) is 0 Å². The van der Waals surface area contributed by atoms with Gasteiger partial charge in [-0.2, -0.15) is 0 Å². The molecule has 0 saturated carbocycles. The lowest BCUT2D eigenvalue weighted by atomic mass is 9.86. The molecule has 1 aliphatic rings. The van der Waals surface area contributed by atoms with Gasteiger partial charge in [0.25, 0.3) is 0 Å². The molecule has 1 fully saturated rings. The molecule has 1 heterocycles. The molecule has 0 aliphatic carbocycles. The van der Waals surface area contributed by atoms with Crippen LogP contribution in [0.5, 0.6) is 11.5 Å². The second-order valence-electron chi connectivity index (χ2n) is 4.54. The molecule has 0 amide bonds. The van der Waals surface area contributed by atoms with Crippen LogP contribution in [-0.2, 0) is 5.54 Å². The molecule has 0 radical (unpaired) electrons. The Kier molecular flexibility index (Phi) is 3.57. The van der Waals surface area contributed by atoms with E-state index in [0.29, 0.717) is 0 Å². The summed E-state index contributed by atoms with van der Waals surface area (Å²) in [4.78, 5) is 0. The van der Waals surface area contributed by atoms with Crippen LogP contribution in [0.4, 0.5) is 0 Å². The number of hydrogen-bond acceptors (Lipinski definition) is 3. The summed E-state index contributed by atoms with van der Waals surface area (Å²) in [5.74, 6) is 1.60. The van der Waals surface area contributed by atoms with Gasteiger partial charge in [0.15, 0.2) is 11.5 Å². The molecule has 17 heavy (non-hydrogen) atoms. The highest BCUT2D eigenvalue weighted by Crippen LogP contribution is 2.38. The van der Waals surface area contributed by atoms with Crippen molar-refractivity contribution in [1.82, 2.24) is 5.32 Å². The summed E-state index contributed by atoms with van der Waals surface area (Å²) in [5.41, 5.74) is 1.43.